The third-order valence-electron chi connectivity index (χ3n) is 2.23. The molecular formula is C12H15NO. The van der Waals surface area contributed by atoms with Crippen molar-refractivity contribution in [2.75, 3.05) is 0 Å². The molecule has 2 heteroatoms. The van der Waals surface area contributed by atoms with E-state index in [1.807, 2.05) is 12.1 Å². The van der Waals surface area contributed by atoms with Crippen LogP contribution in [-0.4, -0.2) is 5.11 Å². The Morgan fingerprint density at radius 3 is 2.93 bits per heavy atom. The van der Waals surface area contributed by atoms with E-state index in [2.05, 4.69) is 13.0 Å². The van der Waals surface area contributed by atoms with Gasteiger partial charge in [0.25, 0.3) is 0 Å². The Labute approximate surface area is 84.8 Å². The van der Waals surface area contributed by atoms with Crippen LogP contribution in [0.3, 0.4) is 0 Å². The van der Waals surface area contributed by atoms with Gasteiger partial charge >= 0.3 is 0 Å². The van der Waals surface area contributed by atoms with Crippen LogP contribution in [0.5, 0.6) is 0 Å². The predicted octanol–water partition coefficient (Wildman–Crippen LogP) is 2.78. The predicted molar refractivity (Wildman–Crippen MR) is 55.6 cm³/mol. The van der Waals surface area contributed by atoms with Crippen LogP contribution in [-0.2, 0) is 0 Å². The number of aliphatic hydroxyl groups is 1. The van der Waals surface area contributed by atoms with Gasteiger partial charge in [-0.25, -0.2) is 0 Å². The topological polar surface area (TPSA) is 44.0 Å². The number of nitriles is 1. The molecule has 0 aromatic heterocycles. The molecule has 0 amide bonds. The van der Waals surface area contributed by atoms with Crippen molar-refractivity contribution in [2.24, 2.45) is 0 Å². The van der Waals surface area contributed by atoms with E-state index < -0.39 is 6.10 Å². The number of aliphatic hydroxyl groups excluding tert-OH is 1. The van der Waals surface area contributed by atoms with Gasteiger partial charge in [-0.15, -0.1) is 0 Å². The van der Waals surface area contributed by atoms with Crippen LogP contribution in [0.25, 0.3) is 0 Å². The quantitative estimate of drug-likeness (QED) is 0.791. The highest BCUT2D eigenvalue weighted by Crippen LogP contribution is 2.19. The van der Waals surface area contributed by atoms with Gasteiger partial charge in [-0.05, 0) is 24.1 Å². The van der Waals surface area contributed by atoms with Crippen molar-refractivity contribution in [1.29, 1.82) is 5.26 Å². The number of benzene rings is 1. The second kappa shape index (κ2) is 5.41. The number of hydrogen-bond donors (Lipinski definition) is 1. The zero-order valence-electron chi connectivity index (χ0n) is 8.40. The molecule has 0 spiro atoms. The second-order valence-electron chi connectivity index (χ2n) is 3.40. The molecule has 0 fully saturated rings. The van der Waals surface area contributed by atoms with Crippen LogP contribution >= 0.6 is 0 Å². The summed E-state index contributed by atoms with van der Waals surface area (Å²) in [5, 5.41) is 18.5. The van der Waals surface area contributed by atoms with Gasteiger partial charge in [-0.3, -0.25) is 0 Å². The van der Waals surface area contributed by atoms with Crippen LogP contribution in [0.2, 0.25) is 0 Å². The molecule has 0 saturated heterocycles. The molecule has 2 nitrogen and oxygen atoms in total. The summed E-state index contributed by atoms with van der Waals surface area (Å²) in [5.74, 6) is 0. The maximum Gasteiger partial charge on any atom is 0.0991 e. The average molecular weight is 189 g/mol. The van der Waals surface area contributed by atoms with E-state index >= 15 is 0 Å². The molecule has 0 radical (unpaired) electrons. The van der Waals surface area contributed by atoms with E-state index in [1.165, 1.54) is 0 Å². The van der Waals surface area contributed by atoms with Crippen LogP contribution in [0.15, 0.2) is 24.3 Å². The molecule has 0 aliphatic heterocycles. The lowest BCUT2D eigenvalue weighted by Crippen LogP contribution is -1.97. The van der Waals surface area contributed by atoms with Gasteiger partial charge in [0.05, 0.1) is 17.7 Å². The Kier molecular flexibility index (Phi) is 4.15. The highest BCUT2D eigenvalue weighted by molar-refractivity contribution is 5.33. The van der Waals surface area contributed by atoms with Crippen molar-refractivity contribution in [2.45, 2.75) is 32.3 Å². The molecule has 1 N–H and O–H groups in total. The summed E-state index contributed by atoms with van der Waals surface area (Å²) in [6.07, 6.45) is 2.43. The van der Waals surface area contributed by atoms with Crippen LogP contribution in [0, 0.1) is 11.3 Å². The zero-order chi connectivity index (χ0) is 10.4. The van der Waals surface area contributed by atoms with Crippen molar-refractivity contribution < 1.29 is 5.11 Å². The number of nitrogens with zero attached hydrogens (tertiary/aromatic N) is 1. The third-order valence-corrected chi connectivity index (χ3v) is 2.23. The van der Waals surface area contributed by atoms with Crippen LogP contribution < -0.4 is 0 Å². The Morgan fingerprint density at radius 1 is 1.50 bits per heavy atom. The summed E-state index contributed by atoms with van der Waals surface area (Å²) in [6.45, 7) is 2.10. The second-order valence-corrected chi connectivity index (χ2v) is 3.40. The fourth-order valence-electron chi connectivity index (χ4n) is 1.38. The summed E-state index contributed by atoms with van der Waals surface area (Å²) in [6, 6.07) is 9.23. The van der Waals surface area contributed by atoms with Crippen LogP contribution in [0.4, 0.5) is 0 Å². The molecule has 1 rings (SSSR count). The first-order valence-electron chi connectivity index (χ1n) is 4.96. The van der Waals surface area contributed by atoms with Gasteiger partial charge in [0, 0.05) is 0 Å². The fraction of sp³-hybridized carbons (Fsp3) is 0.417. The van der Waals surface area contributed by atoms with Gasteiger partial charge in [0.1, 0.15) is 0 Å². The standard InChI is InChI=1S/C12H15NO/c1-2-3-7-12(14)11-6-4-5-10(8-11)9-13/h4-6,8,12,14H,2-3,7H2,1H3. The number of unbranched alkanes of at least 4 members (excludes halogenated alkanes) is 1. The fourth-order valence-corrected chi connectivity index (χ4v) is 1.38. The maximum absolute atomic E-state index is 9.76. The first-order chi connectivity index (χ1) is 6.77. The lowest BCUT2D eigenvalue weighted by atomic mass is 10.0. The highest BCUT2D eigenvalue weighted by Gasteiger charge is 2.06. The summed E-state index contributed by atoms with van der Waals surface area (Å²) in [7, 11) is 0. The molecule has 14 heavy (non-hydrogen) atoms. The molecule has 1 atom stereocenters. The third kappa shape index (κ3) is 2.86. The van der Waals surface area contributed by atoms with E-state index in [-0.39, 0.29) is 0 Å². The summed E-state index contributed by atoms with van der Waals surface area (Å²) in [4.78, 5) is 0. The molecule has 0 heterocycles. The molecule has 0 bridgehead atoms. The Bertz CT molecular complexity index is 327. The van der Waals surface area contributed by atoms with Crippen LogP contribution in [0.1, 0.15) is 43.4 Å². The summed E-state index contributed by atoms with van der Waals surface area (Å²) in [5.41, 5.74) is 1.45. The van der Waals surface area contributed by atoms with Crippen molar-refractivity contribution in [3.8, 4) is 6.07 Å². The zero-order valence-corrected chi connectivity index (χ0v) is 8.40. The molecule has 0 aliphatic rings. The Hall–Kier alpha value is -1.33. The monoisotopic (exact) mass is 189 g/mol. The normalized spacial score (nSPS) is 12.1. The molecule has 0 aliphatic carbocycles. The largest absolute Gasteiger partial charge is 0.388 e. The molecule has 1 aromatic carbocycles. The SMILES string of the molecule is CCCCC(O)c1cccc(C#N)c1. The first kappa shape index (κ1) is 10.7. The van der Waals surface area contributed by atoms with E-state index in [9.17, 15) is 5.11 Å². The maximum atomic E-state index is 9.76. The number of hydrogen-bond acceptors (Lipinski definition) is 2. The minimum atomic E-state index is -0.428. The minimum Gasteiger partial charge on any atom is -0.388 e. The van der Waals surface area contributed by atoms with Gasteiger partial charge < -0.3 is 5.11 Å². The molecule has 1 aromatic rings. The average Bonchev–Trinajstić information content (AvgIpc) is 2.26. The smallest absolute Gasteiger partial charge is 0.0991 e. The first-order valence-corrected chi connectivity index (χ1v) is 4.96. The molecule has 74 valence electrons. The van der Waals surface area contributed by atoms with Crippen molar-refractivity contribution >= 4 is 0 Å². The lowest BCUT2D eigenvalue weighted by molar-refractivity contribution is 0.164. The van der Waals surface area contributed by atoms with E-state index in [0.717, 1.165) is 24.8 Å². The van der Waals surface area contributed by atoms with Crippen molar-refractivity contribution in [3.63, 3.8) is 0 Å². The summed E-state index contributed by atoms with van der Waals surface area (Å²) < 4.78 is 0. The Balaban J connectivity index is 2.70. The minimum absolute atomic E-state index is 0.428. The molecule has 1 unspecified atom stereocenters. The summed E-state index contributed by atoms with van der Waals surface area (Å²) >= 11 is 0. The highest BCUT2D eigenvalue weighted by atomic mass is 16.3. The number of rotatable bonds is 4. The van der Waals surface area contributed by atoms with Gasteiger partial charge in [0.15, 0.2) is 0 Å². The van der Waals surface area contributed by atoms with Gasteiger partial charge in [-0.2, -0.15) is 5.26 Å². The molecule has 0 saturated carbocycles. The Morgan fingerprint density at radius 2 is 2.29 bits per heavy atom. The van der Waals surface area contributed by atoms with E-state index in [1.54, 1.807) is 12.1 Å². The van der Waals surface area contributed by atoms with Gasteiger partial charge in [0.2, 0.25) is 0 Å². The lowest BCUT2D eigenvalue weighted by Gasteiger charge is -2.09. The van der Waals surface area contributed by atoms with E-state index in [0.29, 0.717) is 5.56 Å². The van der Waals surface area contributed by atoms with Gasteiger partial charge in [-0.1, -0.05) is 31.9 Å². The van der Waals surface area contributed by atoms with E-state index in [4.69, 9.17) is 5.26 Å². The van der Waals surface area contributed by atoms with Crippen molar-refractivity contribution in [1.82, 2.24) is 0 Å². The van der Waals surface area contributed by atoms with Crippen molar-refractivity contribution in [3.05, 3.63) is 35.4 Å². The molecular weight excluding hydrogens is 174 g/mol.